The molecule has 5 heteroatoms. The fourth-order valence-corrected chi connectivity index (χ4v) is 2.14. The minimum Gasteiger partial charge on any atom is -0.403 e. The lowest BCUT2D eigenvalue weighted by Crippen LogP contribution is -2.14. The Kier molecular flexibility index (Phi) is 2.73. The summed E-state index contributed by atoms with van der Waals surface area (Å²) in [6.45, 7) is 0. The minimum atomic E-state index is 0.487. The van der Waals surface area contributed by atoms with Gasteiger partial charge in [0.25, 0.3) is 0 Å². The summed E-state index contributed by atoms with van der Waals surface area (Å²) in [5, 5.41) is 11.3. The second-order valence-corrected chi connectivity index (χ2v) is 4.27. The summed E-state index contributed by atoms with van der Waals surface area (Å²) in [7, 11) is 0. The molecule has 0 saturated heterocycles. The highest BCUT2D eigenvalue weighted by molar-refractivity contribution is 5.51. The third-order valence-corrected chi connectivity index (χ3v) is 3.04. The number of rotatable bonds is 3. The van der Waals surface area contributed by atoms with E-state index in [-0.39, 0.29) is 0 Å². The summed E-state index contributed by atoms with van der Waals surface area (Å²) < 4.78 is 5.57. The molecule has 0 unspecified atom stereocenters. The highest BCUT2D eigenvalue weighted by Gasteiger charge is 2.17. The standard InChI is InChI=1S/C12H14N4O/c1-2-4-10(3-1)14-12-16-15-11(17-12)9-5-7-13-8-6-9/h5-8,10H,1-4H2,(H,14,16). The van der Waals surface area contributed by atoms with Crippen LogP contribution in [0.15, 0.2) is 28.9 Å². The number of nitrogens with one attached hydrogen (secondary N) is 1. The van der Waals surface area contributed by atoms with Crippen LogP contribution in [0.5, 0.6) is 0 Å². The Bertz CT molecular complexity index is 476. The predicted octanol–water partition coefficient (Wildman–Crippen LogP) is 2.49. The van der Waals surface area contributed by atoms with Crippen LogP contribution in [0, 0.1) is 0 Å². The van der Waals surface area contributed by atoms with Gasteiger partial charge in [0.1, 0.15) is 0 Å². The van der Waals surface area contributed by atoms with Crippen molar-refractivity contribution in [3.63, 3.8) is 0 Å². The van der Waals surface area contributed by atoms with Crippen molar-refractivity contribution in [2.24, 2.45) is 0 Å². The monoisotopic (exact) mass is 230 g/mol. The van der Waals surface area contributed by atoms with E-state index in [1.165, 1.54) is 25.7 Å². The van der Waals surface area contributed by atoms with Crippen LogP contribution in [-0.4, -0.2) is 21.2 Å². The van der Waals surface area contributed by atoms with E-state index in [0.717, 1.165) is 5.56 Å². The van der Waals surface area contributed by atoms with Gasteiger partial charge >= 0.3 is 6.01 Å². The van der Waals surface area contributed by atoms with Gasteiger partial charge in [-0.3, -0.25) is 4.98 Å². The van der Waals surface area contributed by atoms with Gasteiger partial charge < -0.3 is 9.73 Å². The molecule has 0 aliphatic heterocycles. The molecule has 3 rings (SSSR count). The molecule has 0 bridgehead atoms. The molecule has 2 aromatic heterocycles. The average Bonchev–Trinajstić information content (AvgIpc) is 3.02. The molecule has 1 aliphatic carbocycles. The van der Waals surface area contributed by atoms with E-state index in [1.807, 2.05) is 12.1 Å². The van der Waals surface area contributed by atoms with Crippen LogP contribution in [0.25, 0.3) is 11.5 Å². The van der Waals surface area contributed by atoms with Gasteiger partial charge in [-0.15, -0.1) is 5.10 Å². The minimum absolute atomic E-state index is 0.487. The third kappa shape index (κ3) is 2.27. The van der Waals surface area contributed by atoms with Gasteiger partial charge in [-0.25, -0.2) is 0 Å². The molecule has 0 radical (unpaired) electrons. The molecule has 0 spiro atoms. The first kappa shape index (κ1) is 10.3. The first-order valence-corrected chi connectivity index (χ1v) is 5.92. The van der Waals surface area contributed by atoms with Gasteiger partial charge in [0.15, 0.2) is 0 Å². The fourth-order valence-electron chi connectivity index (χ4n) is 2.14. The molecule has 1 saturated carbocycles. The first-order chi connectivity index (χ1) is 8.42. The van der Waals surface area contributed by atoms with Gasteiger partial charge in [-0.1, -0.05) is 17.9 Å². The summed E-state index contributed by atoms with van der Waals surface area (Å²) in [6, 6.07) is 4.71. The SMILES string of the molecule is c1cc(-c2nnc(NC3CCCC3)o2)ccn1. The molecular formula is C12H14N4O. The number of aromatic nitrogens is 3. The largest absolute Gasteiger partial charge is 0.403 e. The van der Waals surface area contributed by atoms with Crippen molar-refractivity contribution < 1.29 is 4.42 Å². The summed E-state index contributed by atoms with van der Waals surface area (Å²) >= 11 is 0. The second-order valence-electron chi connectivity index (χ2n) is 4.27. The van der Waals surface area contributed by atoms with Crippen LogP contribution >= 0.6 is 0 Å². The lowest BCUT2D eigenvalue weighted by molar-refractivity contribution is 0.566. The summed E-state index contributed by atoms with van der Waals surface area (Å²) in [4.78, 5) is 3.96. The van der Waals surface area contributed by atoms with E-state index in [1.54, 1.807) is 12.4 Å². The topological polar surface area (TPSA) is 63.8 Å². The van der Waals surface area contributed by atoms with E-state index in [2.05, 4.69) is 20.5 Å². The van der Waals surface area contributed by atoms with Crippen molar-refractivity contribution in [2.45, 2.75) is 31.7 Å². The maximum atomic E-state index is 5.57. The van der Waals surface area contributed by atoms with E-state index in [4.69, 9.17) is 4.42 Å². The summed E-state index contributed by atoms with van der Waals surface area (Å²) in [6.07, 6.45) is 8.36. The molecule has 1 fully saturated rings. The molecule has 2 heterocycles. The third-order valence-electron chi connectivity index (χ3n) is 3.04. The van der Waals surface area contributed by atoms with Crippen molar-refractivity contribution in [2.75, 3.05) is 5.32 Å². The van der Waals surface area contributed by atoms with Crippen LogP contribution < -0.4 is 5.32 Å². The molecule has 0 atom stereocenters. The summed E-state index contributed by atoms with van der Waals surface area (Å²) in [5.41, 5.74) is 0.895. The average molecular weight is 230 g/mol. The van der Waals surface area contributed by atoms with Crippen molar-refractivity contribution >= 4 is 6.01 Å². The van der Waals surface area contributed by atoms with Crippen molar-refractivity contribution in [1.29, 1.82) is 0 Å². The second kappa shape index (κ2) is 4.53. The van der Waals surface area contributed by atoms with Gasteiger partial charge in [0.2, 0.25) is 5.89 Å². The molecule has 88 valence electrons. The maximum Gasteiger partial charge on any atom is 0.315 e. The summed E-state index contributed by atoms with van der Waals surface area (Å²) in [5.74, 6) is 0.535. The zero-order valence-corrected chi connectivity index (χ0v) is 9.47. The van der Waals surface area contributed by atoms with E-state index < -0.39 is 0 Å². The highest BCUT2D eigenvalue weighted by atomic mass is 16.4. The van der Waals surface area contributed by atoms with Crippen LogP contribution in [0.1, 0.15) is 25.7 Å². The number of nitrogens with zero attached hydrogens (tertiary/aromatic N) is 3. The zero-order valence-electron chi connectivity index (χ0n) is 9.47. The Hall–Kier alpha value is -1.91. The number of hydrogen-bond acceptors (Lipinski definition) is 5. The number of pyridine rings is 1. The Morgan fingerprint density at radius 3 is 2.65 bits per heavy atom. The van der Waals surface area contributed by atoms with Gasteiger partial charge in [0, 0.05) is 24.0 Å². The first-order valence-electron chi connectivity index (χ1n) is 5.92. The normalized spacial score (nSPS) is 16.2. The molecule has 1 aliphatic rings. The Morgan fingerprint density at radius 2 is 1.88 bits per heavy atom. The van der Waals surface area contributed by atoms with Crippen LogP contribution in [0.2, 0.25) is 0 Å². The van der Waals surface area contributed by atoms with Gasteiger partial charge in [-0.2, -0.15) is 0 Å². The predicted molar refractivity (Wildman–Crippen MR) is 63.4 cm³/mol. The van der Waals surface area contributed by atoms with E-state index in [9.17, 15) is 0 Å². The lowest BCUT2D eigenvalue weighted by atomic mass is 10.3. The number of hydrogen-bond donors (Lipinski definition) is 1. The molecule has 5 nitrogen and oxygen atoms in total. The Morgan fingerprint density at radius 1 is 1.12 bits per heavy atom. The molecule has 17 heavy (non-hydrogen) atoms. The maximum absolute atomic E-state index is 5.57. The number of anilines is 1. The van der Waals surface area contributed by atoms with Crippen molar-refractivity contribution in [3.05, 3.63) is 24.5 Å². The van der Waals surface area contributed by atoms with Crippen LogP contribution in [0.4, 0.5) is 6.01 Å². The van der Waals surface area contributed by atoms with Crippen molar-refractivity contribution in [3.8, 4) is 11.5 Å². The van der Waals surface area contributed by atoms with E-state index >= 15 is 0 Å². The van der Waals surface area contributed by atoms with Gasteiger partial charge in [0.05, 0.1) is 0 Å². The van der Waals surface area contributed by atoms with Crippen LogP contribution in [0.3, 0.4) is 0 Å². The zero-order chi connectivity index (χ0) is 11.5. The molecule has 0 amide bonds. The van der Waals surface area contributed by atoms with Crippen molar-refractivity contribution in [1.82, 2.24) is 15.2 Å². The molecule has 0 aromatic carbocycles. The quantitative estimate of drug-likeness (QED) is 0.877. The fraction of sp³-hybridized carbons (Fsp3) is 0.417. The smallest absolute Gasteiger partial charge is 0.315 e. The molecule has 2 aromatic rings. The molecular weight excluding hydrogens is 216 g/mol. The van der Waals surface area contributed by atoms with Gasteiger partial charge in [-0.05, 0) is 25.0 Å². The highest BCUT2D eigenvalue weighted by Crippen LogP contribution is 2.23. The lowest BCUT2D eigenvalue weighted by Gasteiger charge is -2.07. The Balaban J connectivity index is 1.74. The Labute approximate surface area is 99.3 Å². The van der Waals surface area contributed by atoms with E-state index in [0.29, 0.717) is 17.9 Å². The van der Waals surface area contributed by atoms with Crippen LogP contribution in [-0.2, 0) is 0 Å². The molecule has 1 N–H and O–H groups in total.